The second-order valence-corrected chi connectivity index (χ2v) is 7.25. The lowest BCUT2D eigenvalue weighted by Gasteiger charge is -2.26. The smallest absolute Gasteiger partial charge is 0.306 e. The molecule has 0 atom stereocenters. The van der Waals surface area contributed by atoms with Crippen molar-refractivity contribution in [2.75, 3.05) is 44.5 Å². The molecule has 3 N–H and O–H groups in total. The molecule has 0 aliphatic rings. The van der Waals surface area contributed by atoms with Crippen molar-refractivity contribution in [3.63, 3.8) is 0 Å². The maximum atomic E-state index is 11.6. The number of unbranched alkanes of at least 4 members (excludes halogenated alkanes) is 3. The quantitative estimate of drug-likeness (QED) is 0.270. The van der Waals surface area contributed by atoms with Gasteiger partial charge in [0.2, 0.25) is 0 Å². The van der Waals surface area contributed by atoms with Gasteiger partial charge in [0.25, 0.3) is 0 Å². The summed E-state index contributed by atoms with van der Waals surface area (Å²) in [5.74, 6) is 0.401. The molecule has 0 fully saturated rings. The van der Waals surface area contributed by atoms with E-state index in [-0.39, 0.29) is 19.0 Å². The third-order valence-corrected chi connectivity index (χ3v) is 4.69. The Morgan fingerprint density at radius 1 is 0.880 bits per heavy atom. The molecule has 0 bridgehead atoms. The van der Waals surface area contributed by atoms with Crippen LogP contribution in [0.4, 0.5) is 0 Å². The van der Waals surface area contributed by atoms with Crippen molar-refractivity contribution >= 4 is 23.7 Å². The molecule has 7 nitrogen and oxygen atoms in total. The first-order valence-electron chi connectivity index (χ1n) is 8.75. The molecule has 148 valence electrons. The Balaban J connectivity index is 3.64. The summed E-state index contributed by atoms with van der Waals surface area (Å²) in [6, 6.07) is 0. The van der Waals surface area contributed by atoms with E-state index in [2.05, 4.69) is 6.92 Å². The molecule has 0 saturated carbocycles. The molecule has 0 heterocycles. The first kappa shape index (κ1) is 24.2. The molecule has 0 aromatic heterocycles. The van der Waals surface area contributed by atoms with Crippen molar-refractivity contribution < 1.29 is 34.4 Å². The molecular weight excluding hydrogens is 348 g/mol. The third kappa shape index (κ3) is 12.2. The number of carbonyl (C=O) groups excluding carboxylic acids is 2. The molecule has 8 heteroatoms. The third-order valence-electron chi connectivity index (χ3n) is 3.71. The number of ether oxygens (including phenoxy) is 2. The molecule has 0 unspecified atom stereocenters. The average Bonchev–Trinajstić information content (AvgIpc) is 2.63. The molecule has 0 radical (unpaired) electrons. The zero-order valence-electron chi connectivity index (χ0n) is 15.1. The number of hydrogen-bond acceptors (Lipinski definition) is 8. The number of aliphatic hydroxyl groups is 3. The largest absolute Gasteiger partial charge is 0.466 e. The van der Waals surface area contributed by atoms with E-state index in [0.717, 1.165) is 25.7 Å². The van der Waals surface area contributed by atoms with Gasteiger partial charge in [-0.15, -0.1) is 0 Å². The maximum absolute atomic E-state index is 11.6. The van der Waals surface area contributed by atoms with Crippen LogP contribution in [0.5, 0.6) is 0 Å². The van der Waals surface area contributed by atoms with Gasteiger partial charge in [-0.2, -0.15) is 11.8 Å². The highest BCUT2D eigenvalue weighted by Crippen LogP contribution is 2.16. The Labute approximate surface area is 154 Å². The van der Waals surface area contributed by atoms with Crippen molar-refractivity contribution in [2.45, 2.75) is 45.4 Å². The van der Waals surface area contributed by atoms with Gasteiger partial charge in [-0.3, -0.25) is 9.59 Å². The van der Waals surface area contributed by atoms with E-state index in [1.165, 1.54) is 11.8 Å². The predicted molar refractivity (Wildman–Crippen MR) is 96.3 cm³/mol. The highest BCUT2D eigenvalue weighted by atomic mass is 32.2. The first-order chi connectivity index (χ1) is 12.0. The highest BCUT2D eigenvalue weighted by molar-refractivity contribution is 7.99. The van der Waals surface area contributed by atoms with Gasteiger partial charge in [0.15, 0.2) is 0 Å². The summed E-state index contributed by atoms with van der Waals surface area (Å²) in [6.07, 6.45) is 4.75. The second kappa shape index (κ2) is 15.4. The molecule has 0 saturated heterocycles. The van der Waals surface area contributed by atoms with Gasteiger partial charge in [-0.25, -0.2) is 0 Å². The van der Waals surface area contributed by atoms with Crippen LogP contribution in [0.2, 0.25) is 0 Å². The van der Waals surface area contributed by atoms with E-state index in [1.807, 2.05) is 0 Å². The lowest BCUT2D eigenvalue weighted by molar-refractivity contribution is -0.150. The molecule has 0 aromatic rings. The van der Waals surface area contributed by atoms with E-state index < -0.39 is 31.2 Å². The fourth-order valence-electron chi connectivity index (χ4n) is 1.79. The molecule has 25 heavy (non-hydrogen) atoms. The van der Waals surface area contributed by atoms with Crippen LogP contribution >= 0.6 is 11.8 Å². The van der Waals surface area contributed by atoms with E-state index in [4.69, 9.17) is 24.8 Å². The Hall–Kier alpha value is -0.830. The number of carbonyl (C=O) groups is 2. The standard InChI is InChI=1S/C17H32O7S/c1-2-3-4-5-8-23-15(21)6-9-25-10-7-16(22)24-14-17(11-18,12-19)13-20/h18-20H,2-14H2,1H3. The van der Waals surface area contributed by atoms with Crippen LogP contribution in [0.3, 0.4) is 0 Å². The van der Waals surface area contributed by atoms with Crippen LogP contribution < -0.4 is 0 Å². The Morgan fingerprint density at radius 2 is 1.44 bits per heavy atom. The van der Waals surface area contributed by atoms with Gasteiger partial charge in [0.05, 0.1) is 44.7 Å². The zero-order chi connectivity index (χ0) is 19.0. The minimum atomic E-state index is -1.20. The molecule has 0 amide bonds. The molecule has 0 aromatic carbocycles. The zero-order valence-corrected chi connectivity index (χ0v) is 15.9. The van der Waals surface area contributed by atoms with Crippen molar-refractivity contribution in [2.24, 2.45) is 5.41 Å². The van der Waals surface area contributed by atoms with Crippen molar-refractivity contribution in [1.82, 2.24) is 0 Å². The Kier molecular flexibility index (Phi) is 14.9. The fourth-order valence-corrected chi connectivity index (χ4v) is 2.62. The minimum Gasteiger partial charge on any atom is -0.466 e. The number of aliphatic hydroxyl groups excluding tert-OH is 3. The topological polar surface area (TPSA) is 113 Å². The predicted octanol–water partition coefficient (Wildman–Crippen LogP) is 1.13. The van der Waals surface area contributed by atoms with Crippen LogP contribution in [0.1, 0.15) is 45.4 Å². The molecule has 0 aliphatic heterocycles. The van der Waals surface area contributed by atoms with Gasteiger partial charge in [0.1, 0.15) is 6.61 Å². The Morgan fingerprint density at radius 3 is 1.96 bits per heavy atom. The average molecular weight is 381 g/mol. The van der Waals surface area contributed by atoms with Gasteiger partial charge in [-0.05, 0) is 6.42 Å². The molecule has 0 spiro atoms. The molecule has 0 aliphatic carbocycles. The summed E-state index contributed by atoms with van der Waals surface area (Å²) in [5, 5.41) is 27.4. The van der Waals surface area contributed by atoms with Crippen molar-refractivity contribution in [1.29, 1.82) is 0 Å². The van der Waals surface area contributed by atoms with E-state index in [9.17, 15) is 9.59 Å². The highest BCUT2D eigenvalue weighted by Gasteiger charge is 2.30. The maximum Gasteiger partial charge on any atom is 0.306 e. The summed E-state index contributed by atoms with van der Waals surface area (Å²) in [4.78, 5) is 23.1. The van der Waals surface area contributed by atoms with Crippen LogP contribution in [-0.4, -0.2) is 71.8 Å². The van der Waals surface area contributed by atoms with Gasteiger partial charge in [0, 0.05) is 11.5 Å². The number of esters is 2. The fraction of sp³-hybridized carbons (Fsp3) is 0.882. The van der Waals surface area contributed by atoms with Gasteiger partial charge in [-0.1, -0.05) is 26.2 Å². The summed E-state index contributed by atoms with van der Waals surface area (Å²) in [7, 11) is 0. The van der Waals surface area contributed by atoms with Gasteiger partial charge >= 0.3 is 11.9 Å². The summed E-state index contributed by atoms with van der Waals surface area (Å²) in [5.41, 5.74) is -1.20. The summed E-state index contributed by atoms with van der Waals surface area (Å²) < 4.78 is 10.1. The number of hydrogen-bond donors (Lipinski definition) is 3. The first-order valence-corrected chi connectivity index (χ1v) is 9.90. The monoisotopic (exact) mass is 380 g/mol. The minimum absolute atomic E-state index is 0.162. The Bertz CT molecular complexity index is 351. The van der Waals surface area contributed by atoms with E-state index in [1.54, 1.807) is 0 Å². The molecule has 0 rings (SSSR count). The van der Waals surface area contributed by atoms with Crippen LogP contribution in [-0.2, 0) is 19.1 Å². The molecular formula is C17H32O7S. The van der Waals surface area contributed by atoms with Crippen LogP contribution in [0.15, 0.2) is 0 Å². The number of thioether (sulfide) groups is 1. The lowest BCUT2D eigenvalue weighted by Crippen LogP contribution is -2.39. The summed E-state index contributed by atoms with van der Waals surface area (Å²) in [6.45, 7) is 0.956. The van der Waals surface area contributed by atoms with Gasteiger partial charge < -0.3 is 24.8 Å². The normalized spacial score (nSPS) is 11.4. The summed E-state index contributed by atoms with van der Waals surface area (Å²) >= 11 is 1.46. The lowest BCUT2D eigenvalue weighted by atomic mass is 9.93. The van der Waals surface area contributed by atoms with Crippen molar-refractivity contribution in [3.05, 3.63) is 0 Å². The SMILES string of the molecule is CCCCCCOC(=O)CCSCCC(=O)OCC(CO)(CO)CO. The second-order valence-electron chi connectivity index (χ2n) is 6.03. The van der Waals surface area contributed by atoms with Crippen LogP contribution in [0, 0.1) is 5.41 Å². The van der Waals surface area contributed by atoms with Crippen molar-refractivity contribution in [3.8, 4) is 0 Å². The van der Waals surface area contributed by atoms with E-state index in [0.29, 0.717) is 24.5 Å². The van der Waals surface area contributed by atoms with Crippen LogP contribution in [0.25, 0.3) is 0 Å². The number of rotatable bonds is 16. The van der Waals surface area contributed by atoms with E-state index >= 15 is 0 Å².